The molecule has 7 nitrogen and oxygen atoms in total. The third kappa shape index (κ3) is 5.56. The highest BCUT2D eigenvalue weighted by Crippen LogP contribution is 2.37. The first kappa shape index (κ1) is 25.4. The summed E-state index contributed by atoms with van der Waals surface area (Å²) in [7, 11) is 3.90. The van der Waals surface area contributed by atoms with E-state index in [1.807, 2.05) is 19.0 Å². The molecule has 1 fully saturated rings. The van der Waals surface area contributed by atoms with E-state index in [-0.39, 0.29) is 23.2 Å². The summed E-state index contributed by atoms with van der Waals surface area (Å²) in [4.78, 5) is 24.9. The van der Waals surface area contributed by atoms with Crippen molar-refractivity contribution in [2.75, 3.05) is 43.1 Å². The lowest BCUT2D eigenvalue weighted by Crippen LogP contribution is -2.45. The molecular weight excluding hydrogens is 476 g/mol. The number of hydrogen-bond donors (Lipinski definition) is 2. The summed E-state index contributed by atoms with van der Waals surface area (Å²) in [5.74, 6) is -1.62. The van der Waals surface area contributed by atoms with Crippen LogP contribution in [0, 0.1) is 5.82 Å². The summed E-state index contributed by atoms with van der Waals surface area (Å²) in [6, 6.07) is 7.31. The third-order valence-electron chi connectivity index (χ3n) is 6.26. The highest BCUT2D eigenvalue weighted by Gasteiger charge is 2.32. The molecule has 4 rings (SSSR count). The number of rotatable bonds is 5. The number of hydrogen-bond acceptors (Lipinski definition) is 6. The maximum Gasteiger partial charge on any atom is 0.416 e. The molecule has 1 amide bonds. The largest absolute Gasteiger partial charge is 0.416 e. The second-order valence-electron chi connectivity index (χ2n) is 8.91. The van der Waals surface area contributed by atoms with E-state index < -0.39 is 23.5 Å². The van der Waals surface area contributed by atoms with Gasteiger partial charge in [-0.05, 0) is 62.8 Å². The first-order valence-corrected chi connectivity index (χ1v) is 11.3. The Labute approximate surface area is 205 Å². The monoisotopic (exact) mass is 502 g/mol. The molecule has 0 bridgehead atoms. The van der Waals surface area contributed by atoms with Gasteiger partial charge in [0.1, 0.15) is 5.82 Å². The van der Waals surface area contributed by atoms with Crippen molar-refractivity contribution in [3.63, 3.8) is 0 Å². The van der Waals surface area contributed by atoms with Gasteiger partial charge in [0.25, 0.3) is 5.91 Å². The number of alkyl halides is 3. The zero-order valence-electron chi connectivity index (χ0n) is 19.8. The first-order valence-electron chi connectivity index (χ1n) is 11.3. The molecule has 1 saturated heterocycles. The van der Waals surface area contributed by atoms with E-state index in [4.69, 9.17) is 5.73 Å². The van der Waals surface area contributed by atoms with Gasteiger partial charge in [-0.25, -0.2) is 14.4 Å². The number of nitrogen functional groups attached to an aromatic ring is 1. The highest BCUT2D eigenvalue weighted by atomic mass is 19.4. The van der Waals surface area contributed by atoms with Crippen molar-refractivity contribution in [2.45, 2.75) is 25.1 Å². The summed E-state index contributed by atoms with van der Waals surface area (Å²) in [6.07, 6.45) is 0.0576. The second kappa shape index (κ2) is 10.1. The molecule has 3 N–H and O–H groups in total. The Hall–Kier alpha value is -3.73. The van der Waals surface area contributed by atoms with Crippen molar-refractivity contribution >= 4 is 23.2 Å². The van der Waals surface area contributed by atoms with Crippen molar-refractivity contribution in [3.8, 4) is 11.1 Å². The Morgan fingerprint density at radius 2 is 1.83 bits per heavy atom. The minimum atomic E-state index is -4.60. The number of aromatic nitrogens is 2. The number of nitrogens with two attached hydrogens (primary N) is 1. The quantitative estimate of drug-likeness (QED) is 0.494. The molecule has 3 aromatic rings. The van der Waals surface area contributed by atoms with Crippen LogP contribution in [-0.4, -0.2) is 54.0 Å². The fourth-order valence-electron chi connectivity index (χ4n) is 4.24. The number of piperidine rings is 1. The molecule has 0 radical (unpaired) electrons. The van der Waals surface area contributed by atoms with Gasteiger partial charge >= 0.3 is 6.18 Å². The van der Waals surface area contributed by atoms with Gasteiger partial charge in [0.15, 0.2) is 0 Å². The highest BCUT2D eigenvalue weighted by molar-refractivity contribution is 6.06. The topological polar surface area (TPSA) is 87.4 Å². The molecule has 190 valence electrons. The van der Waals surface area contributed by atoms with E-state index in [1.54, 1.807) is 0 Å². The molecule has 36 heavy (non-hydrogen) atoms. The Morgan fingerprint density at radius 1 is 1.11 bits per heavy atom. The second-order valence-corrected chi connectivity index (χ2v) is 8.91. The van der Waals surface area contributed by atoms with Crippen LogP contribution in [0.4, 0.5) is 34.9 Å². The van der Waals surface area contributed by atoms with Gasteiger partial charge < -0.3 is 20.9 Å². The van der Waals surface area contributed by atoms with Gasteiger partial charge in [-0.2, -0.15) is 13.2 Å². The smallest absolute Gasteiger partial charge is 0.368 e. The molecule has 0 unspecified atom stereocenters. The number of halogens is 4. The minimum absolute atomic E-state index is 0.0325. The van der Waals surface area contributed by atoms with Gasteiger partial charge in [0.05, 0.1) is 22.5 Å². The van der Waals surface area contributed by atoms with Gasteiger partial charge in [-0.3, -0.25) is 4.79 Å². The summed E-state index contributed by atoms with van der Waals surface area (Å²) in [6.45, 7) is 1.21. The Kier molecular flexibility index (Phi) is 7.11. The molecule has 0 saturated carbocycles. The van der Waals surface area contributed by atoms with E-state index in [9.17, 15) is 22.4 Å². The average molecular weight is 503 g/mol. The third-order valence-corrected chi connectivity index (χ3v) is 6.26. The number of benzene rings is 2. The maximum absolute atomic E-state index is 14.7. The summed E-state index contributed by atoms with van der Waals surface area (Å²) >= 11 is 0. The molecule has 1 aliphatic rings. The van der Waals surface area contributed by atoms with Gasteiger partial charge in [0.2, 0.25) is 5.95 Å². The van der Waals surface area contributed by atoms with Crippen molar-refractivity contribution in [1.29, 1.82) is 0 Å². The SMILES string of the molecule is CN(C)[C@H]1CCCN(c2ccc(C(F)(F)F)cc2NC(=O)c2cc(-c3cnc(N)nc3)ccc2F)C1. The number of carbonyl (C=O) groups is 1. The van der Waals surface area contributed by atoms with E-state index in [1.165, 1.54) is 30.6 Å². The number of likely N-dealkylation sites (N-methyl/N-ethyl adjacent to an activating group) is 1. The van der Waals surface area contributed by atoms with Gasteiger partial charge in [-0.1, -0.05) is 6.07 Å². The fraction of sp³-hybridized carbons (Fsp3) is 0.320. The molecule has 2 heterocycles. The van der Waals surface area contributed by atoms with E-state index >= 15 is 0 Å². The molecule has 0 aliphatic carbocycles. The number of amides is 1. The number of carbonyl (C=O) groups excluding carboxylic acids is 1. The van der Waals surface area contributed by atoms with Crippen molar-refractivity contribution < 1.29 is 22.4 Å². The molecule has 0 spiro atoms. The molecule has 1 atom stereocenters. The lowest BCUT2D eigenvalue weighted by Gasteiger charge is -2.38. The Bertz CT molecular complexity index is 1250. The van der Waals surface area contributed by atoms with Crippen LogP contribution >= 0.6 is 0 Å². The minimum Gasteiger partial charge on any atom is -0.368 e. The zero-order chi connectivity index (χ0) is 26.0. The summed E-state index contributed by atoms with van der Waals surface area (Å²) in [5.41, 5.74) is 5.65. The molecule has 1 aliphatic heterocycles. The van der Waals surface area contributed by atoms with Gasteiger partial charge in [-0.15, -0.1) is 0 Å². The van der Waals surface area contributed by atoms with Crippen LogP contribution in [-0.2, 0) is 6.18 Å². The van der Waals surface area contributed by atoms with Gasteiger partial charge in [0, 0.05) is 37.1 Å². The molecular formula is C25H26F4N6O. The average Bonchev–Trinajstić information content (AvgIpc) is 2.84. The van der Waals surface area contributed by atoms with Crippen LogP contribution in [0.5, 0.6) is 0 Å². The Balaban J connectivity index is 1.68. The van der Waals surface area contributed by atoms with E-state index in [0.29, 0.717) is 29.9 Å². The maximum atomic E-state index is 14.7. The predicted octanol–water partition coefficient (Wildman–Crippen LogP) is 4.67. The van der Waals surface area contributed by atoms with Crippen LogP contribution in [0.1, 0.15) is 28.8 Å². The van der Waals surface area contributed by atoms with Crippen molar-refractivity contribution in [3.05, 3.63) is 65.7 Å². The molecule has 2 aromatic carbocycles. The summed E-state index contributed by atoms with van der Waals surface area (Å²) < 4.78 is 55.1. The molecule has 11 heteroatoms. The predicted molar refractivity (Wildman–Crippen MR) is 130 cm³/mol. The number of nitrogens with zero attached hydrogens (tertiary/aromatic N) is 4. The fourth-order valence-corrected chi connectivity index (χ4v) is 4.24. The lowest BCUT2D eigenvalue weighted by atomic mass is 10.0. The van der Waals surface area contributed by atoms with E-state index in [2.05, 4.69) is 20.2 Å². The Morgan fingerprint density at radius 3 is 2.50 bits per heavy atom. The summed E-state index contributed by atoms with van der Waals surface area (Å²) in [5, 5.41) is 2.52. The van der Waals surface area contributed by atoms with Crippen LogP contribution in [0.2, 0.25) is 0 Å². The first-order chi connectivity index (χ1) is 17.0. The number of anilines is 3. The lowest BCUT2D eigenvalue weighted by molar-refractivity contribution is -0.137. The molecule has 1 aromatic heterocycles. The van der Waals surface area contributed by atoms with Crippen molar-refractivity contribution in [2.24, 2.45) is 0 Å². The van der Waals surface area contributed by atoms with Crippen LogP contribution in [0.3, 0.4) is 0 Å². The number of nitrogens with one attached hydrogen (secondary N) is 1. The zero-order valence-corrected chi connectivity index (χ0v) is 19.8. The standard InChI is InChI=1S/C25H26F4N6O/c1-34(2)18-4-3-9-35(14-18)22-8-6-17(25(27,28)29)11-21(22)33-23(36)19-10-15(5-7-20(19)26)16-12-31-24(30)32-13-16/h5-8,10-13,18H,3-4,9,14H2,1-2H3,(H,33,36)(H2,30,31,32)/t18-/m0/s1. The van der Waals surface area contributed by atoms with Crippen molar-refractivity contribution in [1.82, 2.24) is 14.9 Å². The van der Waals surface area contributed by atoms with Crippen LogP contribution in [0.15, 0.2) is 48.8 Å². The van der Waals surface area contributed by atoms with Crippen LogP contribution < -0.4 is 16.0 Å². The van der Waals surface area contributed by atoms with E-state index in [0.717, 1.165) is 31.0 Å². The van der Waals surface area contributed by atoms with Crippen LogP contribution in [0.25, 0.3) is 11.1 Å². The normalized spacial score (nSPS) is 16.3.